The van der Waals surface area contributed by atoms with Gasteiger partial charge in [0.2, 0.25) is 5.91 Å². The fraction of sp³-hybridized carbons (Fsp3) is 0.333. The molecule has 1 aromatic heterocycles. The summed E-state index contributed by atoms with van der Waals surface area (Å²) >= 11 is 1.50. The molecule has 2 aromatic carbocycles. The Labute approximate surface area is 182 Å². The van der Waals surface area contributed by atoms with Crippen LogP contribution in [0.25, 0.3) is 0 Å². The first-order chi connectivity index (χ1) is 14.5. The molecule has 0 spiro atoms. The van der Waals surface area contributed by atoms with Crippen molar-refractivity contribution in [2.45, 2.75) is 33.7 Å². The van der Waals surface area contributed by atoms with E-state index in [2.05, 4.69) is 24.8 Å². The molecule has 0 saturated heterocycles. The number of hydrogen-bond acceptors (Lipinski definition) is 5. The number of carbonyl (C=O) groups is 1. The van der Waals surface area contributed by atoms with E-state index in [0.29, 0.717) is 18.3 Å². The van der Waals surface area contributed by atoms with E-state index in [1.54, 1.807) is 11.8 Å². The van der Waals surface area contributed by atoms with Crippen molar-refractivity contribution in [3.05, 3.63) is 70.7 Å². The van der Waals surface area contributed by atoms with Crippen molar-refractivity contribution in [3.8, 4) is 5.75 Å². The average Bonchev–Trinajstić information content (AvgIpc) is 3.17. The first-order valence-corrected chi connectivity index (χ1v) is 11.1. The molecule has 30 heavy (non-hydrogen) atoms. The van der Waals surface area contributed by atoms with Gasteiger partial charge in [0.1, 0.15) is 12.4 Å². The lowest BCUT2D eigenvalue weighted by molar-refractivity contribution is -0.115. The van der Waals surface area contributed by atoms with Gasteiger partial charge in [0.15, 0.2) is 5.13 Å². The van der Waals surface area contributed by atoms with Crippen molar-refractivity contribution in [3.63, 3.8) is 0 Å². The van der Waals surface area contributed by atoms with E-state index in [1.165, 1.54) is 16.9 Å². The number of aryl methyl sites for hydroxylation is 2. The van der Waals surface area contributed by atoms with Gasteiger partial charge in [0.05, 0.1) is 11.4 Å². The first-order valence-electron chi connectivity index (χ1n) is 10.2. The van der Waals surface area contributed by atoms with Crippen LogP contribution >= 0.6 is 11.3 Å². The molecule has 0 saturated carbocycles. The lowest BCUT2D eigenvalue weighted by Gasteiger charge is -2.21. The van der Waals surface area contributed by atoms with Crippen molar-refractivity contribution < 1.29 is 9.53 Å². The van der Waals surface area contributed by atoms with Crippen LogP contribution in [-0.4, -0.2) is 36.0 Å². The zero-order valence-corrected chi connectivity index (χ0v) is 18.9. The molecule has 0 aliphatic heterocycles. The molecule has 0 aliphatic carbocycles. The van der Waals surface area contributed by atoms with Gasteiger partial charge in [-0.15, -0.1) is 11.3 Å². The topological polar surface area (TPSA) is 45.7 Å². The molecular weight excluding hydrogens is 394 g/mol. The number of benzene rings is 2. The van der Waals surface area contributed by atoms with Gasteiger partial charge in [-0.3, -0.25) is 14.6 Å². The molecule has 3 aromatic rings. The quantitative estimate of drug-likeness (QED) is 0.474. The summed E-state index contributed by atoms with van der Waals surface area (Å²) in [5, 5.41) is 2.74. The number of ether oxygens (including phenoxy) is 1. The summed E-state index contributed by atoms with van der Waals surface area (Å²) in [5.41, 5.74) is 4.22. The minimum Gasteiger partial charge on any atom is -0.492 e. The molecule has 0 bridgehead atoms. The molecular formula is C24H29N3O2S. The number of aromatic nitrogens is 1. The highest BCUT2D eigenvalue weighted by Crippen LogP contribution is 2.31. The van der Waals surface area contributed by atoms with Crippen LogP contribution < -0.4 is 9.64 Å². The Balaban J connectivity index is 1.61. The number of anilines is 2. The zero-order valence-electron chi connectivity index (χ0n) is 18.1. The number of para-hydroxylation sites is 1. The lowest BCUT2D eigenvalue weighted by atomic mass is 10.1. The Morgan fingerprint density at radius 3 is 2.57 bits per heavy atom. The molecule has 0 atom stereocenters. The van der Waals surface area contributed by atoms with Gasteiger partial charge < -0.3 is 4.74 Å². The van der Waals surface area contributed by atoms with Crippen LogP contribution in [0.4, 0.5) is 10.8 Å². The minimum atomic E-state index is -0.0309. The smallest absolute Gasteiger partial charge is 0.230 e. The highest BCUT2D eigenvalue weighted by atomic mass is 32.1. The van der Waals surface area contributed by atoms with Gasteiger partial charge in [-0.05, 0) is 44.2 Å². The van der Waals surface area contributed by atoms with Crippen LogP contribution in [0.5, 0.6) is 5.75 Å². The maximum Gasteiger partial charge on any atom is 0.230 e. The van der Waals surface area contributed by atoms with E-state index in [1.807, 2.05) is 54.9 Å². The van der Waals surface area contributed by atoms with Crippen LogP contribution in [0.1, 0.15) is 30.7 Å². The number of amides is 1. The van der Waals surface area contributed by atoms with Crippen LogP contribution in [0, 0.1) is 6.92 Å². The van der Waals surface area contributed by atoms with Gasteiger partial charge in [-0.1, -0.05) is 42.8 Å². The van der Waals surface area contributed by atoms with Gasteiger partial charge in [0, 0.05) is 25.4 Å². The van der Waals surface area contributed by atoms with Crippen LogP contribution in [-0.2, 0) is 17.8 Å². The summed E-state index contributed by atoms with van der Waals surface area (Å²) in [6, 6.07) is 16.1. The Morgan fingerprint density at radius 1 is 1.13 bits per heavy atom. The number of rotatable bonds is 9. The maximum absolute atomic E-state index is 12.4. The van der Waals surface area contributed by atoms with E-state index in [4.69, 9.17) is 9.72 Å². The van der Waals surface area contributed by atoms with Crippen LogP contribution in [0.15, 0.2) is 53.9 Å². The number of hydrogen-bond donors (Lipinski definition) is 0. The SMILES string of the molecule is CCc1ccccc1N(C(C)=O)c1nc(CN(C)CCOc2ccc(C)cc2)cs1. The van der Waals surface area contributed by atoms with Crippen molar-refractivity contribution in [2.24, 2.45) is 0 Å². The molecule has 0 aliphatic rings. The highest BCUT2D eigenvalue weighted by Gasteiger charge is 2.20. The Morgan fingerprint density at radius 2 is 1.87 bits per heavy atom. The second-order valence-corrected chi connectivity index (χ2v) is 8.19. The molecule has 158 valence electrons. The summed E-state index contributed by atoms with van der Waals surface area (Å²) in [6.45, 7) is 7.85. The number of thiazole rings is 1. The predicted octanol–water partition coefficient (Wildman–Crippen LogP) is 5.21. The molecule has 6 heteroatoms. The van der Waals surface area contributed by atoms with Crippen molar-refractivity contribution in [1.82, 2.24) is 9.88 Å². The third-order valence-corrected chi connectivity index (χ3v) is 5.73. The standard InChI is InChI=1S/C24H29N3O2S/c1-5-20-8-6-7-9-23(20)27(19(3)28)24-25-21(17-30-24)16-26(4)14-15-29-22-12-10-18(2)11-13-22/h6-13,17H,5,14-16H2,1-4H3. The van der Waals surface area contributed by atoms with Gasteiger partial charge >= 0.3 is 0 Å². The molecule has 5 nitrogen and oxygen atoms in total. The highest BCUT2D eigenvalue weighted by molar-refractivity contribution is 7.14. The monoisotopic (exact) mass is 423 g/mol. The van der Waals surface area contributed by atoms with Crippen molar-refractivity contribution in [2.75, 3.05) is 25.1 Å². The Hall–Kier alpha value is -2.70. The largest absolute Gasteiger partial charge is 0.492 e. The maximum atomic E-state index is 12.4. The van der Waals surface area contributed by atoms with Crippen molar-refractivity contribution in [1.29, 1.82) is 0 Å². The average molecular weight is 424 g/mol. The Kier molecular flexibility index (Phi) is 7.60. The van der Waals surface area contributed by atoms with Crippen LogP contribution in [0.3, 0.4) is 0 Å². The lowest BCUT2D eigenvalue weighted by Crippen LogP contribution is -2.25. The Bertz CT molecular complexity index is 969. The third kappa shape index (κ3) is 5.68. The summed E-state index contributed by atoms with van der Waals surface area (Å²) in [5.74, 6) is 0.855. The predicted molar refractivity (Wildman–Crippen MR) is 124 cm³/mol. The van der Waals surface area contributed by atoms with Gasteiger partial charge in [0.25, 0.3) is 0 Å². The van der Waals surface area contributed by atoms with E-state index >= 15 is 0 Å². The summed E-state index contributed by atoms with van der Waals surface area (Å²) in [4.78, 5) is 21.0. The summed E-state index contributed by atoms with van der Waals surface area (Å²) < 4.78 is 5.82. The molecule has 0 N–H and O–H groups in total. The fourth-order valence-electron chi connectivity index (χ4n) is 3.22. The first kappa shape index (κ1) is 22.0. The van der Waals surface area contributed by atoms with Gasteiger partial charge in [-0.2, -0.15) is 0 Å². The normalized spacial score (nSPS) is 11.0. The van der Waals surface area contributed by atoms with E-state index in [-0.39, 0.29) is 5.91 Å². The number of likely N-dealkylation sites (N-methyl/N-ethyl adjacent to an activating group) is 1. The molecule has 0 fully saturated rings. The second kappa shape index (κ2) is 10.4. The molecule has 0 radical (unpaired) electrons. The molecule has 1 amide bonds. The van der Waals surface area contributed by atoms with Gasteiger partial charge in [-0.25, -0.2) is 4.98 Å². The van der Waals surface area contributed by atoms with E-state index in [0.717, 1.165) is 35.7 Å². The molecule has 1 heterocycles. The summed E-state index contributed by atoms with van der Waals surface area (Å²) in [6.07, 6.45) is 0.863. The number of carbonyl (C=O) groups excluding carboxylic acids is 1. The molecule has 0 unspecified atom stereocenters. The zero-order chi connectivity index (χ0) is 21.5. The number of nitrogens with zero attached hydrogens (tertiary/aromatic N) is 3. The van der Waals surface area contributed by atoms with Crippen molar-refractivity contribution >= 4 is 28.1 Å². The molecule has 3 rings (SSSR count). The van der Waals surface area contributed by atoms with E-state index < -0.39 is 0 Å². The third-order valence-electron chi connectivity index (χ3n) is 4.85. The summed E-state index contributed by atoms with van der Waals surface area (Å²) in [7, 11) is 2.05. The van der Waals surface area contributed by atoms with E-state index in [9.17, 15) is 4.79 Å². The second-order valence-electron chi connectivity index (χ2n) is 7.36. The van der Waals surface area contributed by atoms with Crippen LogP contribution in [0.2, 0.25) is 0 Å². The minimum absolute atomic E-state index is 0.0309. The fourth-order valence-corrected chi connectivity index (χ4v) is 4.09.